The molecule has 2 N–H and O–H groups in total. The van der Waals surface area contributed by atoms with Crippen LogP contribution in [0.4, 0.5) is 14.7 Å². The van der Waals surface area contributed by atoms with Crippen molar-refractivity contribution in [1.29, 1.82) is 0 Å². The number of piperidine rings is 1. The zero-order valence-corrected chi connectivity index (χ0v) is 12.7. The minimum atomic E-state index is -2.61. The van der Waals surface area contributed by atoms with E-state index >= 15 is 0 Å². The lowest BCUT2D eigenvalue weighted by molar-refractivity contribution is -0.0222. The molecular formula is C16H16F2N4O2. The summed E-state index contributed by atoms with van der Waals surface area (Å²) in [6.45, 7) is 0.429. The van der Waals surface area contributed by atoms with Gasteiger partial charge in [0.1, 0.15) is 0 Å². The highest BCUT2D eigenvalue weighted by Gasteiger charge is 2.34. The molecule has 0 aliphatic carbocycles. The highest BCUT2D eigenvalue weighted by atomic mass is 19.3. The van der Waals surface area contributed by atoms with Crippen LogP contribution in [0.1, 0.15) is 23.2 Å². The van der Waals surface area contributed by atoms with Crippen LogP contribution in [0.5, 0.6) is 0 Å². The Morgan fingerprint density at radius 2 is 1.83 bits per heavy atom. The second kappa shape index (κ2) is 6.48. The van der Waals surface area contributed by atoms with Crippen LogP contribution in [0.2, 0.25) is 0 Å². The Balaban J connectivity index is 1.79. The van der Waals surface area contributed by atoms with Crippen LogP contribution >= 0.6 is 0 Å². The fraction of sp³-hybridized carbons (Fsp3) is 0.312. The Labute approximate surface area is 137 Å². The SMILES string of the molecule is O=C(NO)c1ccc(-c2ccnc(N3CCC(F)(F)CC3)n2)cc1. The standard InChI is InChI=1S/C16H16F2N4O2/c17-16(18)6-9-22(10-7-16)15-19-8-5-13(20-15)11-1-3-12(4-2-11)14(23)21-24/h1-5,8,24H,6-7,9-10H2,(H,21,23). The highest BCUT2D eigenvalue weighted by molar-refractivity contribution is 5.93. The van der Waals surface area contributed by atoms with Gasteiger partial charge in [0.25, 0.3) is 11.8 Å². The van der Waals surface area contributed by atoms with Gasteiger partial charge < -0.3 is 4.90 Å². The van der Waals surface area contributed by atoms with Crippen molar-refractivity contribution in [3.05, 3.63) is 42.1 Å². The molecule has 0 unspecified atom stereocenters. The summed E-state index contributed by atoms with van der Waals surface area (Å²) >= 11 is 0. The van der Waals surface area contributed by atoms with E-state index in [9.17, 15) is 13.6 Å². The van der Waals surface area contributed by atoms with Crippen molar-refractivity contribution in [3.8, 4) is 11.3 Å². The first-order valence-corrected chi connectivity index (χ1v) is 7.49. The highest BCUT2D eigenvalue weighted by Crippen LogP contribution is 2.29. The lowest BCUT2D eigenvalue weighted by atomic mass is 10.1. The third-order valence-corrected chi connectivity index (χ3v) is 3.97. The molecule has 2 aromatic rings. The Bertz CT molecular complexity index is 727. The number of anilines is 1. The first-order chi connectivity index (χ1) is 11.5. The fourth-order valence-corrected chi connectivity index (χ4v) is 2.55. The van der Waals surface area contributed by atoms with Crippen LogP contribution in [0.15, 0.2) is 36.5 Å². The van der Waals surface area contributed by atoms with E-state index in [-0.39, 0.29) is 25.9 Å². The number of halogens is 2. The lowest BCUT2D eigenvalue weighted by Gasteiger charge is -2.31. The molecule has 0 bridgehead atoms. The zero-order valence-electron chi connectivity index (χ0n) is 12.7. The maximum absolute atomic E-state index is 13.3. The van der Waals surface area contributed by atoms with Crippen molar-refractivity contribution in [2.45, 2.75) is 18.8 Å². The lowest BCUT2D eigenvalue weighted by Crippen LogP contribution is -2.40. The largest absolute Gasteiger partial charge is 0.340 e. The van der Waals surface area contributed by atoms with Crippen molar-refractivity contribution in [1.82, 2.24) is 15.4 Å². The predicted octanol–water partition coefficient (Wildman–Crippen LogP) is 2.50. The summed E-state index contributed by atoms with van der Waals surface area (Å²) in [7, 11) is 0. The minimum Gasteiger partial charge on any atom is -0.340 e. The number of alkyl halides is 2. The molecule has 2 heterocycles. The molecule has 126 valence electrons. The van der Waals surface area contributed by atoms with E-state index in [1.807, 2.05) is 0 Å². The van der Waals surface area contributed by atoms with Crippen LogP contribution in [-0.4, -0.2) is 40.1 Å². The molecule has 6 nitrogen and oxygen atoms in total. The molecule has 1 aromatic carbocycles. The Morgan fingerprint density at radius 3 is 2.46 bits per heavy atom. The van der Waals surface area contributed by atoms with E-state index in [1.54, 1.807) is 46.9 Å². The molecule has 1 aliphatic heterocycles. The van der Waals surface area contributed by atoms with E-state index in [1.165, 1.54) is 0 Å². The van der Waals surface area contributed by atoms with Crippen molar-refractivity contribution < 1.29 is 18.8 Å². The number of aromatic nitrogens is 2. The number of hydrogen-bond acceptors (Lipinski definition) is 5. The van der Waals surface area contributed by atoms with Gasteiger partial charge in [-0.2, -0.15) is 0 Å². The van der Waals surface area contributed by atoms with Gasteiger partial charge in [-0.1, -0.05) is 12.1 Å². The zero-order chi connectivity index (χ0) is 17.2. The average molecular weight is 334 g/mol. The molecule has 0 radical (unpaired) electrons. The molecule has 0 atom stereocenters. The summed E-state index contributed by atoms with van der Waals surface area (Å²) in [6, 6.07) is 8.22. The van der Waals surface area contributed by atoms with Crippen LogP contribution in [0.25, 0.3) is 11.3 Å². The molecule has 0 spiro atoms. The number of hydroxylamine groups is 1. The molecular weight excluding hydrogens is 318 g/mol. The summed E-state index contributed by atoms with van der Waals surface area (Å²) in [4.78, 5) is 21.7. The first-order valence-electron chi connectivity index (χ1n) is 7.49. The van der Waals surface area contributed by atoms with Gasteiger partial charge in [0.2, 0.25) is 5.95 Å². The molecule has 1 fully saturated rings. The number of nitrogens with zero attached hydrogens (tertiary/aromatic N) is 3. The summed E-state index contributed by atoms with van der Waals surface area (Å²) < 4.78 is 26.5. The first kappa shape index (κ1) is 16.3. The third kappa shape index (κ3) is 3.48. The van der Waals surface area contributed by atoms with E-state index < -0.39 is 11.8 Å². The summed E-state index contributed by atoms with van der Waals surface area (Å²) in [6.07, 6.45) is 1.18. The Hall–Kier alpha value is -2.61. The van der Waals surface area contributed by atoms with Crippen LogP contribution in [0.3, 0.4) is 0 Å². The van der Waals surface area contributed by atoms with E-state index in [4.69, 9.17) is 5.21 Å². The smallest absolute Gasteiger partial charge is 0.274 e. The topological polar surface area (TPSA) is 78.3 Å². The molecule has 0 saturated carbocycles. The third-order valence-electron chi connectivity index (χ3n) is 3.97. The molecule has 1 aromatic heterocycles. The fourth-order valence-electron chi connectivity index (χ4n) is 2.55. The van der Waals surface area contributed by atoms with Gasteiger partial charge in [0.05, 0.1) is 5.69 Å². The van der Waals surface area contributed by atoms with Crippen molar-refractivity contribution >= 4 is 11.9 Å². The van der Waals surface area contributed by atoms with Gasteiger partial charge in [0, 0.05) is 43.3 Å². The van der Waals surface area contributed by atoms with Crippen molar-refractivity contribution in [2.75, 3.05) is 18.0 Å². The van der Waals surface area contributed by atoms with Gasteiger partial charge >= 0.3 is 0 Å². The Morgan fingerprint density at radius 1 is 1.17 bits per heavy atom. The van der Waals surface area contributed by atoms with Crippen LogP contribution < -0.4 is 10.4 Å². The molecule has 1 saturated heterocycles. The van der Waals surface area contributed by atoms with Crippen LogP contribution in [-0.2, 0) is 0 Å². The Kier molecular flexibility index (Phi) is 4.39. The number of benzene rings is 1. The molecule has 1 amide bonds. The van der Waals surface area contributed by atoms with Gasteiger partial charge in [-0.15, -0.1) is 0 Å². The maximum atomic E-state index is 13.3. The second-order valence-electron chi connectivity index (χ2n) is 5.60. The number of rotatable bonds is 3. The van der Waals surface area contributed by atoms with E-state index in [0.717, 1.165) is 5.56 Å². The molecule has 8 heteroatoms. The number of carbonyl (C=O) groups is 1. The van der Waals surface area contributed by atoms with Crippen LogP contribution in [0, 0.1) is 0 Å². The minimum absolute atomic E-state index is 0.203. The summed E-state index contributed by atoms with van der Waals surface area (Å²) in [5.41, 5.74) is 3.27. The average Bonchev–Trinajstić information content (AvgIpc) is 2.61. The number of nitrogens with one attached hydrogen (secondary N) is 1. The summed E-state index contributed by atoms with van der Waals surface area (Å²) in [5.74, 6) is -2.80. The van der Waals surface area contributed by atoms with E-state index in [0.29, 0.717) is 17.2 Å². The molecule has 3 rings (SSSR count). The molecule has 1 aliphatic rings. The predicted molar refractivity (Wildman–Crippen MR) is 83.1 cm³/mol. The normalized spacial score (nSPS) is 16.7. The number of hydrogen-bond donors (Lipinski definition) is 2. The maximum Gasteiger partial charge on any atom is 0.274 e. The number of carbonyl (C=O) groups excluding carboxylic acids is 1. The molecule has 24 heavy (non-hydrogen) atoms. The van der Waals surface area contributed by atoms with E-state index in [2.05, 4.69) is 9.97 Å². The van der Waals surface area contributed by atoms with Crippen molar-refractivity contribution in [3.63, 3.8) is 0 Å². The monoisotopic (exact) mass is 334 g/mol. The van der Waals surface area contributed by atoms with Gasteiger partial charge in [0.15, 0.2) is 0 Å². The van der Waals surface area contributed by atoms with Gasteiger partial charge in [-0.25, -0.2) is 24.2 Å². The van der Waals surface area contributed by atoms with Gasteiger partial charge in [-0.05, 0) is 18.2 Å². The summed E-state index contributed by atoms with van der Waals surface area (Å²) in [5, 5.41) is 8.61. The van der Waals surface area contributed by atoms with Gasteiger partial charge in [-0.3, -0.25) is 10.0 Å². The number of amides is 1. The quantitative estimate of drug-likeness (QED) is 0.666. The second-order valence-corrected chi connectivity index (χ2v) is 5.60. The van der Waals surface area contributed by atoms with Crippen molar-refractivity contribution in [2.24, 2.45) is 0 Å².